The van der Waals surface area contributed by atoms with Crippen molar-refractivity contribution < 1.29 is 8.83 Å². The Bertz CT molecular complexity index is 3940. The zero-order valence-electron chi connectivity index (χ0n) is 34.4. The van der Waals surface area contributed by atoms with Crippen LogP contribution in [0.15, 0.2) is 203 Å². The summed E-state index contributed by atoms with van der Waals surface area (Å²) in [5.41, 5.74) is 6.76. The first-order chi connectivity index (χ1) is 32.3. The highest BCUT2D eigenvalue weighted by molar-refractivity contribution is 7.31. The van der Waals surface area contributed by atoms with Crippen molar-refractivity contribution in [3.05, 3.63) is 195 Å². The zero-order valence-corrected chi connectivity index (χ0v) is 37.0. The van der Waals surface area contributed by atoms with Gasteiger partial charge in [-0.15, -0.1) is 22.7 Å². The van der Waals surface area contributed by atoms with Gasteiger partial charge in [0.1, 0.15) is 16.9 Å². The molecular formula is C56H32N4O2S2Si. The fourth-order valence-corrected chi connectivity index (χ4v) is 17.8. The number of benzene rings is 6. The van der Waals surface area contributed by atoms with Crippen LogP contribution in [0.25, 0.3) is 107 Å². The van der Waals surface area contributed by atoms with Crippen LogP contribution in [0.5, 0.6) is 0 Å². The summed E-state index contributed by atoms with van der Waals surface area (Å²) < 4.78 is 18.6. The summed E-state index contributed by atoms with van der Waals surface area (Å²) in [7, 11) is -3.43. The number of fused-ring (bicyclic) bond motifs is 12. The number of para-hydroxylation sites is 2. The van der Waals surface area contributed by atoms with Crippen LogP contribution in [0, 0.1) is 0 Å². The Morgan fingerprint density at radius 2 is 0.892 bits per heavy atom. The molecule has 0 N–H and O–H groups in total. The summed E-state index contributed by atoms with van der Waals surface area (Å²) >= 11 is 3.62. The minimum atomic E-state index is -3.43. The van der Waals surface area contributed by atoms with Gasteiger partial charge in [-0.1, -0.05) is 127 Å². The van der Waals surface area contributed by atoms with E-state index >= 15 is 0 Å². The molecule has 0 aliphatic rings. The largest absolute Gasteiger partial charge is 0.454 e. The topological polar surface area (TPSA) is 77.8 Å². The van der Waals surface area contributed by atoms with Crippen molar-refractivity contribution in [2.24, 2.45) is 0 Å². The lowest BCUT2D eigenvalue weighted by Crippen LogP contribution is -2.76. The summed E-state index contributed by atoms with van der Waals surface area (Å²) in [6.07, 6.45) is 7.76. The van der Waals surface area contributed by atoms with Crippen LogP contribution in [0.2, 0.25) is 0 Å². The number of rotatable bonds is 6. The first kappa shape index (κ1) is 36.6. The third kappa shape index (κ3) is 5.19. The van der Waals surface area contributed by atoms with Crippen LogP contribution >= 0.6 is 22.7 Å². The molecule has 0 spiro atoms. The number of nitrogens with zero attached hydrogens (tertiary/aromatic N) is 4. The number of furan rings is 2. The monoisotopic (exact) mass is 884 g/mol. The van der Waals surface area contributed by atoms with E-state index in [-0.39, 0.29) is 0 Å². The molecule has 14 rings (SSSR count). The standard InChI is InChI=1S/C56H32N4O2S2Si/c1-3-13-33(14-4-1)65(34-15-5-2-6-16-34,55-51-39(26-31-59-55)37-19-11-21-43(49(37)62-51)47-50-38(25-29-57-47)35-17-7-9-23-45(35)61-50)56-54-42(28-32-60-56)40-20-12-22-44(52(40)64-54)48-53-41(27-30-58-48)36-18-8-10-24-46(36)63-53/h1-32H. The third-order valence-corrected chi connectivity index (χ3v) is 20.2. The summed E-state index contributed by atoms with van der Waals surface area (Å²) in [5.74, 6) is 0. The average Bonchev–Trinajstić information content (AvgIpc) is 4.16. The summed E-state index contributed by atoms with van der Waals surface area (Å²) in [4.78, 5) is 21.0. The van der Waals surface area contributed by atoms with E-state index in [9.17, 15) is 0 Å². The number of hydrogen-bond acceptors (Lipinski definition) is 8. The highest BCUT2D eigenvalue weighted by atomic mass is 32.1. The second kappa shape index (κ2) is 14.1. The predicted octanol–water partition coefficient (Wildman–Crippen LogP) is 12.5. The van der Waals surface area contributed by atoms with Crippen LogP contribution in [0.3, 0.4) is 0 Å². The molecule has 9 heteroatoms. The Balaban J connectivity index is 1.07. The molecule has 0 aliphatic heterocycles. The maximum atomic E-state index is 7.34. The minimum absolute atomic E-state index is 0.732. The average molecular weight is 885 g/mol. The fraction of sp³-hybridized carbons (Fsp3) is 0. The SMILES string of the molecule is c1ccc([Si](c2ccccc2)(c2nccc3c2oc2c(-c4nccc5c4oc4ccccc45)cccc23)c2nccc3c2sc2c(-c4nccc5c4sc4ccccc45)cccc23)cc1. The lowest BCUT2D eigenvalue weighted by atomic mass is 10.0. The third-order valence-electron chi connectivity index (χ3n) is 13.0. The Morgan fingerprint density at radius 1 is 0.338 bits per heavy atom. The minimum Gasteiger partial charge on any atom is -0.454 e. The van der Waals surface area contributed by atoms with E-state index < -0.39 is 8.07 Å². The molecule has 0 fully saturated rings. The van der Waals surface area contributed by atoms with E-state index in [0.29, 0.717) is 0 Å². The van der Waals surface area contributed by atoms with Gasteiger partial charge in [-0.3, -0.25) is 19.9 Å². The summed E-state index contributed by atoms with van der Waals surface area (Å²) in [6.45, 7) is 0. The van der Waals surface area contributed by atoms with E-state index in [1.165, 1.54) is 30.3 Å². The van der Waals surface area contributed by atoms with Gasteiger partial charge >= 0.3 is 0 Å². The number of hydrogen-bond donors (Lipinski definition) is 0. The number of aromatic nitrogens is 4. The van der Waals surface area contributed by atoms with Crippen LogP contribution in [0.4, 0.5) is 0 Å². The van der Waals surface area contributed by atoms with Crippen molar-refractivity contribution in [3.8, 4) is 22.5 Å². The van der Waals surface area contributed by atoms with Gasteiger partial charge in [-0.2, -0.15) is 0 Å². The molecule has 65 heavy (non-hydrogen) atoms. The molecule has 0 radical (unpaired) electrons. The molecule has 0 amide bonds. The van der Waals surface area contributed by atoms with Crippen molar-refractivity contribution in [2.75, 3.05) is 0 Å². The molecule has 304 valence electrons. The van der Waals surface area contributed by atoms with Gasteiger partial charge < -0.3 is 8.83 Å². The van der Waals surface area contributed by atoms with Crippen LogP contribution in [-0.4, -0.2) is 28.0 Å². The Morgan fingerprint density at radius 3 is 1.68 bits per heavy atom. The maximum absolute atomic E-state index is 7.34. The smallest absolute Gasteiger partial charge is 0.230 e. The molecule has 8 heterocycles. The van der Waals surface area contributed by atoms with E-state index in [1.807, 2.05) is 71.7 Å². The van der Waals surface area contributed by atoms with Crippen LogP contribution in [-0.2, 0) is 0 Å². The van der Waals surface area contributed by atoms with Gasteiger partial charge in [0.15, 0.2) is 11.2 Å². The van der Waals surface area contributed by atoms with Crippen molar-refractivity contribution in [1.82, 2.24) is 19.9 Å². The van der Waals surface area contributed by atoms with Crippen molar-refractivity contribution in [2.45, 2.75) is 0 Å². The summed E-state index contributed by atoms with van der Waals surface area (Å²) in [5, 5.41) is 13.1. The highest BCUT2D eigenvalue weighted by Crippen LogP contribution is 2.45. The number of thiophene rings is 2. The van der Waals surface area contributed by atoms with Crippen molar-refractivity contribution in [1.29, 1.82) is 0 Å². The van der Waals surface area contributed by atoms with E-state index in [2.05, 4.69) is 146 Å². The van der Waals surface area contributed by atoms with Gasteiger partial charge in [0, 0.05) is 88.4 Å². The van der Waals surface area contributed by atoms with Gasteiger partial charge in [-0.05, 0) is 52.8 Å². The van der Waals surface area contributed by atoms with Crippen molar-refractivity contribution >= 4 is 136 Å². The maximum Gasteiger partial charge on any atom is 0.230 e. The Kier molecular flexibility index (Phi) is 7.94. The van der Waals surface area contributed by atoms with Gasteiger partial charge in [0.05, 0.1) is 25.7 Å². The Labute approximate surface area is 379 Å². The van der Waals surface area contributed by atoms with E-state index in [1.54, 1.807) is 0 Å². The molecule has 14 aromatic rings. The normalized spacial score (nSPS) is 12.3. The van der Waals surface area contributed by atoms with Crippen LogP contribution in [0.1, 0.15) is 0 Å². The lowest BCUT2D eigenvalue weighted by Gasteiger charge is -2.32. The highest BCUT2D eigenvalue weighted by Gasteiger charge is 2.48. The van der Waals surface area contributed by atoms with Gasteiger partial charge in [0.25, 0.3) is 0 Å². The lowest BCUT2D eigenvalue weighted by molar-refractivity contribution is 0.664. The molecule has 0 aliphatic carbocycles. The molecular weight excluding hydrogens is 853 g/mol. The molecule has 0 atom stereocenters. The van der Waals surface area contributed by atoms with E-state index in [4.69, 9.17) is 28.8 Å². The molecule has 8 aromatic heterocycles. The molecule has 6 nitrogen and oxygen atoms in total. The fourth-order valence-electron chi connectivity index (χ4n) is 10.2. The molecule has 0 unspecified atom stereocenters. The van der Waals surface area contributed by atoms with Crippen LogP contribution < -0.4 is 21.0 Å². The summed E-state index contributed by atoms with van der Waals surface area (Å²) in [6, 6.07) is 59.9. The van der Waals surface area contributed by atoms with Crippen molar-refractivity contribution in [3.63, 3.8) is 0 Å². The second-order valence-electron chi connectivity index (χ2n) is 16.4. The van der Waals surface area contributed by atoms with Gasteiger partial charge in [-0.25, -0.2) is 0 Å². The second-order valence-corrected chi connectivity index (χ2v) is 22.1. The number of pyridine rings is 4. The van der Waals surface area contributed by atoms with E-state index in [0.717, 1.165) is 97.5 Å². The molecule has 0 saturated heterocycles. The molecule has 0 bridgehead atoms. The first-order valence-corrected chi connectivity index (χ1v) is 25.1. The molecule has 6 aromatic carbocycles. The first-order valence-electron chi connectivity index (χ1n) is 21.5. The Hall–Kier alpha value is -7.82. The quantitative estimate of drug-likeness (QED) is 0.155. The predicted molar refractivity (Wildman–Crippen MR) is 272 cm³/mol. The zero-order chi connectivity index (χ0) is 42.6. The van der Waals surface area contributed by atoms with Gasteiger partial charge in [0.2, 0.25) is 8.07 Å². The molecule has 0 saturated carbocycles.